The molecule has 0 bridgehead atoms. The quantitative estimate of drug-likeness (QED) is 0.837. The maximum absolute atomic E-state index is 9.27. The maximum Gasteiger partial charge on any atom is 0.101 e. The second-order valence-corrected chi connectivity index (χ2v) is 6.12. The van der Waals surface area contributed by atoms with Crippen molar-refractivity contribution >= 4 is 5.69 Å². The predicted octanol–water partition coefficient (Wildman–Crippen LogP) is 3.13. The van der Waals surface area contributed by atoms with Gasteiger partial charge < -0.3 is 9.80 Å². The first-order valence-corrected chi connectivity index (χ1v) is 8.02. The molecule has 4 heteroatoms. The van der Waals surface area contributed by atoms with Crippen LogP contribution in [0, 0.1) is 22.7 Å². The third kappa shape index (κ3) is 3.78. The summed E-state index contributed by atoms with van der Waals surface area (Å²) in [5, 5.41) is 18.5. The summed E-state index contributed by atoms with van der Waals surface area (Å²) >= 11 is 0. The fraction of sp³-hybridized carbons (Fsp3) is 0.556. The van der Waals surface area contributed by atoms with Gasteiger partial charge in [0.25, 0.3) is 0 Å². The van der Waals surface area contributed by atoms with Crippen molar-refractivity contribution in [1.82, 2.24) is 4.90 Å². The summed E-state index contributed by atoms with van der Waals surface area (Å²) < 4.78 is 0. The molecule has 0 amide bonds. The van der Waals surface area contributed by atoms with Gasteiger partial charge in [0.15, 0.2) is 0 Å². The summed E-state index contributed by atoms with van der Waals surface area (Å²) in [5.74, 6) is 0. The van der Waals surface area contributed by atoms with E-state index in [1.807, 2.05) is 11.9 Å². The third-order valence-corrected chi connectivity index (χ3v) is 4.64. The van der Waals surface area contributed by atoms with Gasteiger partial charge in [0.1, 0.15) is 12.1 Å². The molecule has 0 aliphatic heterocycles. The molecular formula is C18H24N4. The first-order chi connectivity index (χ1) is 10.7. The zero-order valence-electron chi connectivity index (χ0n) is 13.5. The summed E-state index contributed by atoms with van der Waals surface area (Å²) in [7, 11) is 4.15. The molecule has 1 saturated carbocycles. The molecule has 0 heterocycles. The SMILES string of the molecule is CN(CCN(C)C1CCCCC1)c1c(C#N)cccc1C#N. The molecule has 22 heavy (non-hydrogen) atoms. The van der Waals surface area contributed by atoms with Crippen molar-refractivity contribution in [2.75, 3.05) is 32.1 Å². The normalized spacial score (nSPS) is 15.3. The van der Waals surface area contributed by atoms with Crippen LogP contribution in [0.2, 0.25) is 0 Å². The van der Waals surface area contributed by atoms with Crippen molar-refractivity contribution in [1.29, 1.82) is 10.5 Å². The van der Waals surface area contributed by atoms with Crippen LogP contribution >= 0.6 is 0 Å². The molecule has 0 unspecified atom stereocenters. The molecule has 116 valence electrons. The Morgan fingerprint density at radius 2 is 1.59 bits per heavy atom. The molecule has 4 nitrogen and oxygen atoms in total. The summed E-state index contributed by atoms with van der Waals surface area (Å²) in [6.45, 7) is 1.77. The lowest BCUT2D eigenvalue weighted by Crippen LogP contribution is -2.39. The zero-order valence-corrected chi connectivity index (χ0v) is 13.5. The van der Waals surface area contributed by atoms with Gasteiger partial charge >= 0.3 is 0 Å². The number of benzene rings is 1. The molecule has 1 aliphatic rings. The Morgan fingerprint density at radius 1 is 1.00 bits per heavy atom. The van der Waals surface area contributed by atoms with E-state index in [0.29, 0.717) is 17.2 Å². The van der Waals surface area contributed by atoms with E-state index in [4.69, 9.17) is 0 Å². The van der Waals surface area contributed by atoms with Gasteiger partial charge in [-0.25, -0.2) is 0 Å². The highest BCUT2D eigenvalue weighted by atomic mass is 15.2. The minimum absolute atomic E-state index is 0.571. The molecule has 0 atom stereocenters. The molecule has 0 saturated heterocycles. The number of nitrogens with zero attached hydrogens (tertiary/aromatic N) is 4. The average molecular weight is 296 g/mol. The van der Waals surface area contributed by atoms with E-state index in [1.165, 1.54) is 32.1 Å². The van der Waals surface area contributed by atoms with Gasteiger partial charge in [-0.1, -0.05) is 25.3 Å². The van der Waals surface area contributed by atoms with Crippen LogP contribution in [-0.4, -0.2) is 38.1 Å². The molecule has 1 aromatic rings. The van der Waals surface area contributed by atoms with E-state index in [2.05, 4.69) is 24.1 Å². The highest BCUT2D eigenvalue weighted by molar-refractivity contribution is 5.67. The Hall–Kier alpha value is -2.04. The maximum atomic E-state index is 9.27. The van der Waals surface area contributed by atoms with Crippen molar-refractivity contribution < 1.29 is 0 Å². The Morgan fingerprint density at radius 3 is 2.14 bits per heavy atom. The number of anilines is 1. The molecule has 1 aromatic carbocycles. The highest BCUT2D eigenvalue weighted by Gasteiger charge is 2.19. The lowest BCUT2D eigenvalue weighted by atomic mass is 9.94. The standard InChI is InChI=1S/C18H24N4/c1-21(17-9-4-3-5-10-17)11-12-22(2)18-15(13-19)7-6-8-16(18)14-20/h6-8,17H,3-5,9-12H2,1-2H3. The summed E-state index contributed by atoms with van der Waals surface area (Å²) in [6, 6.07) is 10.4. The number of nitriles is 2. The smallest absolute Gasteiger partial charge is 0.101 e. The van der Waals surface area contributed by atoms with E-state index in [1.54, 1.807) is 18.2 Å². The first kappa shape index (κ1) is 16.3. The Labute approximate surface area is 133 Å². The van der Waals surface area contributed by atoms with Gasteiger partial charge in [-0.3, -0.25) is 0 Å². The van der Waals surface area contributed by atoms with Crippen molar-refractivity contribution in [3.05, 3.63) is 29.3 Å². The lowest BCUT2D eigenvalue weighted by molar-refractivity contribution is 0.196. The Kier molecular flexibility index (Phi) is 5.81. The van der Waals surface area contributed by atoms with Crippen LogP contribution in [0.1, 0.15) is 43.2 Å². The van der Waals surface area contributed by atoms with Crippen molar-refractivity contribution in [2.45, 2.75) is 38.1 Å². The number of rotatable bonds is 5. The molecule has 1 fully saturated rings. The minimum atomic E-state index is 0.571. The largest absolute Gasteiger partial charge is 0.371 e. The van der Waals surface area contributed by atoms with E-state index in [0.717, 1.165) is 18.8 Å². The van der Waals surface area contributed by atoms with Gasteiger partial charge in [-0.05, 0) is 32.0 Å². The van der Waals surface area contributed by atoms with E-state index in [9.17, 15) is 10.5 Å². The predicted molar refractivity (Wildman–Crippen MR) is 88.6 cm³/mol. The second kappa shape index (κ2) is 7.82. The van der Waals surface area contributed by atoms with E-state index < -0.39 is 0 Å². The Balaban J connectivity index is 2.02. The van der Waals surface area contributed by atoms with Gasteiger partial charge in [0, 0.05) is 26.2 Å². The summed E-state index contributed by atoms with van der Waals surface area (Å²) in [5.41, 5.74) is 1.90. The number of likely N-dealkylation sites (N-methyl/N-ethyl adjacent to an activating group) is 2. The van der Waals surface area contributed by atoms with Crippen LogP contribution < -0.4 is 4.90 Å². The number of hydrogen-bond donors (Lipinski definition) is 0. The average Bonchev–Trinajstić information content (AvgIpc) is 2.59. The van der Waals surface area contributed by atoms with E-state index in [-0.39, 0.29) is 0 Å². The molecule has 0 aromatic heterocycles. The van der Waals surface area contributed by atoms with Gasteiger partial charge in [-0.2, -0.15) is 10.5 Å². The fourth-order valence-electron chi connectivity index (χ4n) is 3.26. The van der Waals surface area contributed by atoms with Gasteiger partial charge in [0.2, 0.25) is 0 Å². The van der Waals surface area contributed by atoms with Crippen LogP contribution in [-0.2, 0) is 0 Å². The summed E-state index contributed by atoms with van der Waals surface area (Å²) in [6.07, 6.45) is 6.61. The van der Waals surface area contributed by atoms with E-state index >= 15 is 0 Å². The highest BCUT2D eigenvalue weighted by Crippen LogP contribution is 2.24. The van der Waals surface area contributed by atoms with Crippen LogP contribution in [0.4, 0.5) is 5.69 Å². The molecule has 2 rings (SSSR count). The van der Waals surface area contributed by atoms with Crippen LogP contribution in [0.15, 0.2) is 18.2 Å². The molecular weight excluding hydrogens is 272 g/mol. The second-order valence-electron chi connectivity index (χ2n) is 6.12. The monoisotopic (exact) mass is 296 g/mol. The lowest BCUT2D eigenvalue weighted by Gasteiger charge is -2.33. The van der Waals surface area contributed by atoms with Crippen LogP contribution in [0.3, 0.4) is 0 Å². The van der Waals surface area contributed by atoms with Crippen LogP contribution in [0.5, 0.6) is 0 Å². The van der Waals surface area contributed by atoms with Gasteiger partial charge in [0.05, 0.1) is 16.8 Å². The topological polar surface area (TPSA) is 54.1 Å². The van der Waals surface area contributed by atoms with Crippen LogP contribution in [0.25, 0.3) is 0 Å². The summed E-state index contributed by atoms with van der Waals surface area (Å²) in [4.78, 5) is 4.47. The molecule has 0 radical (unpaired) electrons. The zero-order chi connectivity index (χ0) is 15.9. The minimum Gasteiger partial charge on any atom is -0.371 e. The molecule has 0 spiro atoms. The molecule has 0 N–H and O–H groups in total. The van der Waals surface area contributed by atoms with Crippen molar-refractivity contribution in [3.8, 4) is 12.1 Å². The molecule has 1 aliphatic carbocycles. The van der Waals surface area contributed by atoms with Crippen molar-refractivity contribution in [2.24, 2.45) is 0 Å². The third-order valence-electron chi connectivity index (χ3n) is 4.64. The fourth-order valence-corrected chi connectivity index (χ4v) is 3.26. The van der Waals surface area contributed by atoms with Crippen molar-refractivity contribution in [3.63, 3.8) is 0 Å². The number of para-hydroxylation sites is 1. The Bertz CT molecular complexity index is 543. The number of hydrogen-bond acceptors (Lipinski definition) is 4. The van der Waals surface area contributed by atoms with Gasteiger partial charge in [-0.15, -0.1) is 0 Å². The first-order valence-electron chi connectivity index (χ1n) is 8.02.